The third-order valence-electron chi connectivity index (χ3n) is 3.73. The van der Waals surface area contributed by atoms with E-state index in [4.69, 9.17) is 11.6 Å². The summed E-state index contributed by atoms with van der Waals surface area (Å²) < 4.78 is 0. The summed E-state index contributed by atoms with van der Waals surface area (Å²) in [5.41, 5.74) is 1.05. The number of aromatic nitrogens is 2. The van der Waals surface area contributed by atoms with E-state index in [1.165, 1.54) is 12.8 Å². The molecule has 1 aliphatic carbocycles. The second-order valence-corrected chi connectivity index (χ2v) is 5.17. The summed E-state index contributed by atoms with van der Waals surface area (Å²) >= 11 is 5.81. The van der Waals surface area contributed by atoms with Gasteiger partial charge in [-0.15, -0.1) is 0 Å². The minimum atomic E-state index is 0.312. The molecule has 0 saturated heterocycles. The average molecular weight is 240 g/mol. The minimum Gasteiger partial charge on any atom is -0.367 e. The zero-order valence-electron chi connectivity index (χ0n) is 10.00. The molecule has 3 atom stereocenters. The number of halogens is 1. The highest BCUT2D eigenvalue weighted by Crippen LogP contribution is 2.33. The van der Waals surface area contributed by atoms with Crippen molar-refractivity contribution < 1.29 is 0 Å². The van der Waals surface area contributed by atoms with Crippen LogP contribution in [0.15, 0.2) is 6.20 Å². The molecule has 1 heterocycles. The van der Waals surface area contributed by atoms with Crippen LogP contribution in [0.25, 0.3) is 0 Å². The first kappa shape index (κ1) is 11.6. The van der Waals surface area contributed by atoms with Gasteiger partial charge in [-0.1, -0.05) is 13.8 Å². The first-order valence-electron chi connectivity index (χ1n) is 5.83. The second kappa shape index (κ2) is 4.58. The molecule has 1 aliphatic rings. The first-order valence-corrected chi connectivity index (χ1v) is 6.21. The number of nitrogens with zero attached hydrogens (tertiary/aromatic N) is 2. The van der Waals surface area contributed by atoms with Crippen molar-refractivity contribution in [3.8, 4) is 0 Å². The smallest absolute Gasteiger partial charge is 0.224 e. The zero-order chi connectivity index (χ0) is 11.7. The summed E-state index contributed by atoms with van der Waals surface area (Å²) in [6.45, 7) is 6.61. The highest BCUT2D eigenvalue weighted by atomic mass is 35.5. The molecular weight excluding hydrogens is 222 g/mol. The van der Waals surface area contributed by atoms with Crippen molar-refractivity contribution >= 4 is 17.4 Å². The zero-order valence-corrected chi connectivity index (χ0v) is 10.8. The van der Waals surface area contributed by atoms with Gasteiger partial charge in [-0.3, -0.25) is 0 Å². The molecule has 3 unspecified atom stereocenters. The summed E-state index contributed by atoms with van der Waals surface area (Å²) in [5, 5.41) is 3.81. The van der Waals surface area contributed by atoms with Gasteiger partial charge < -0.3 is 5.32 Å². The van der Waals surface area contributed by atoms with Crippen molar-refractivity contribution in [2.75, 3.05) is 5.32 Å². The van der Waals surface area contributed by atoms with Crippen LogP contribution in [0, 0.1) is 18.8 Å². The lowest BCUT2D eigenvalue weighted by Gasteiger charge is -2.21. The van der Waals surface area contributed by atoms with Crippen LogP contribution in [-0.2, 0) is 0 Å². The van der Waals surface area contributed by atoms with E-state index >= 15 is 0 Å². The molecule has 1 N–H and O–H groups in total. The molecule has 1 aromatic heterocycles. The molecule has 16 heavy (non-hydrogen) atoms. The topological polar surface area (TPSA) is 37.8 Å². The maximum Gasteiger partial charge on any atom is 0.224 e. The maximum atomic E-state index is 5.81. The number of rotatable bonds is 2. The monoisotopic (exact) mass is 239 g/mol. The minimum absolute atomic E-state index is 0.312. The predicted octanol–water partition coefficient (Wildman–Crippen LogP) is 3.28. The Balaban J connectivity index is 2.12. The van der Waals surface area contributed by atoms with E-state index < -0.39 is 0 Å². The van der Waals surface area contributed by atoms with Gasteiger partial charge in [0.05, 0.1) is 0 Å². The fourth-order valence-electron chi connectivity index (χ4n) is 2.31. The van der Waals surface area contributed by atoms with Crippen molar-refractivity contribution in [2.24, 2.45) is 11.8 Å². The van der Waals surface area contributed by atoms with Crippen LogP contribution in [0.2, 0.25) is 5.28 Å². The summed E-state index contributed by atoms with van der Waals surface area (Å²) in [6, 6.07) is 0.514. The highest BCUT2D eigenvalue weighted by Gasteiger charge is 2.30. The van der Waals surface area contributed by atoms with Crippen molar-refractivity contribution in [1.82, 2.24) is 9.97 Å². The van der Waals surface area contributed by atoms with Crippen molar-refractivity contribution in [2.45, 2.75) is 39.7 Å². The Morgan fingerprint density at radius 3 is 2.75 bits per heavy atom. The van der Waals surface area contributed by atoms with Crippen LogP contribution in [0.4, 0.5) is 5.82 Å². The number of anilines is 1. The molecule has 0 aromatic carbocycles. The Hall–Kier alpha value is -0.830. The number of nitrogens with one attached hydrogen (secondary N) is 1. The third-order valence-corrected chi connectivity index (χ3v) is 3.91. The molecule has 0 aliphatic heterocycles. The van der Waals surface area contributed by atoms with Gasteiger partial charge in [0.25, 0.3) is 0 Å². The Morgan fingerprint density at radius 1 is 1.38 bits per heavy atom. The van der Waals surface area contributed by atoms with Crippen LogP contribution < -0.4 is 5.32 Å². The van der Waals surface area contributed by atoms with Gasteiger partial charge in [0.2, 0.25) is 5.28 Å². The quantitative estimate of drug-likeness (QED) is 0.805. The summed E-state index contributed by atoms with van der Waals surface area (Å²) in [6.07, 6.45) is 4.26. The second-order valence-electron chi connectivity index (χ2n) is 4.84. The van der Waals surface area contributed by atoms with Crippen LogP contribution >= 0.6 is 11.6 Å². The normalized spacial score (nSPS) is 29.4. The van der Waals surface area contributed by atoms with E-state index in [0.717, 1.165) is 17.3 Å². The van der Waals surface area contributed by atoms with E-state index in [9.17, 15) is 0 Å². The van der Waals surface area contributed by atoms with E-state index in [-0.39, 0.29) is 0 Å². The third kappa shape index (κ3) is 2.29. The van der Waals surface area contributed by atoms with Gasteiger partial charge in [-0.05, 0) is 43.2 Å². The van der Waals surface area contributed by atoms with Crippen molar-refractivity contribution in [3.05, 3.63) is 17.0 Å². The molecule has 1 saturated carbocycles. The number of hydrogen-bond donors (Lipinski definition) is 1. The molecular formula is C12H18ClN3. The first-order chi connectivity index (χ1) is 7.58. The Labute approximate surface area is 102 Å². The number of hydrogen-bond acceptors (Lipinski definition) is 3. The maximum absolute atomic E-state index is 5.81. The molecule has 88 valence electrons. The fourth-order valence-corrected chi connectivity index (χ4v) is 2.44. The largest absolute Gasteiger partial charge is 0.367 e. The van der Waals surface area contributed by atoms with Crippen LogP contribution in [-0.4, -0.2) is 16.0 Å². The van der Waals surface area contributed by atoms with E-state index in [0.29, 0.717) is 17.2 Å². The van der Waals surface area contributed by atoms with Crippen LogP contribution in [0.1, 0.15) is 32.3 Å². The Morgan fingerprint density at radius 2 is 2.12 bits per heavy atom. The van der Waals surface area contributed by atoms with Crippen LogP contribution in [0.3, 0.4) is 0 Å². The van der Waals surface area contributed by atoms with E-state index in [2.05, 4.69) is 29.1 Å². The van der Waals surface area contributed by atoms with Gasteiger partial charge in [-0.2, -0.15) is 0 Å². The molecule has 0 spiro atoms. The predicted molar refractivity (Wildman–Crippen MR) is 66.8 cm³/mol. The molecule has 3 nitrogen and oxygen atoms in total. The van der Waals surface area contributed by atoms with Gasteiger partial charge >= 0.3 is 0 Å². The SMILES string of the molecule is Cc1cnc(Cl)nc1NC1CCC(C)C1C. The summed E-state index contributed by atoms with van der Waals surface area (Å²) in [4.78, 5) is 8.20. The Bertz CT molecular complexity index is 381. The lowest BCUT2D eigenvalue weighted by molar-refractivity contribution is 0.435. The molecule has 2 rings (SSSR count). The van der Waals surface area contributed by atoms with Gasteiger partial charge in [-0.25, -0.2) is 9.97 Å². The van der Waals surface area contributed by atoms with Crippen LogP contribution in [0.5, 0.6) is 0 Å². The molecule has 0 radical (unpaired) electrons. The van der Waals surface area contributed by atoms with E-state index in [1.807, 2.05) is 6.92 Å². The Kier molecular flexibility index (Phi) is 3.33. The fraction of sp³-hybridized carbons (Fsp3) is 0.667. The summed E-state index contributed by atoms with van der Waals surface area (Å²) in [5.74, 6) is 2.36. The lowest BCUT2D eigenvalue weighted by atomic mass is 9.98. The van der Waals surface area contributed by atoms with Crippen molar-refractivity contribution in [3.63, 3.8) is 0 Å². The number of aryl methyl sites for hydroxylation is 1. The summed E-state index contributed by atoms with van der Waals surface area (Å²) in [7, 11) is 0. The van der Waals surface area contributed by atoms with Gasteiger partial charge in [0.1, 0.15) is 5.82 Å². The highest BCUT2D eigenvalue weighted by molar-refractivity contribution is 6.28. The average Bonchev–Trinajstić information content (AvgIpc) is 2.55. The molecule has 0 amide bonds. The van der Waals surface area contributed by atoms with Gasteiger partial charge in [0.15, 0.2) is 0 Å². The van der Waals surface area contributed by atoms with Gasteiger partial charge in [0, 0.05) is 17.8 Å². The molecule has 4 heteroatoms. The molecule has 0 bridgehead atoms. The standard InChI is InChI=1S/C12H18ClN3/c1-7-4-5-10(9(7)3)15-11-8(2)6-14-12(13)16-11/h6-7,9-10H,4-5H2,1-3H3,(H,14,15,16). The molecule has 1 aromatic rings. The van der Waals surface area contributed by atoms with E-state index in [1.54, 1.807) is 6.20 Å². The molecule has 1 fully saturated rings. The van der Waals surface area contributed by atoms with Crippen molar-refractivity contribution in [1.29, 1.82) is 0 Å². The lowest BCUT2D eigenvalue weighted by Crippen LogP contribution is -2.25.